The van der Waals surface area contributed by atoms with Gasteiger partial charge in [-0.3, -0.25) is 5.43 Å². The van der Waals surface area contributed by atoms with Gasteiger partial charge in [0.2, 0.25) is 0 Å². The molecule has 2 bridgehead atoms. The molecule has 5 nitrogen and oxygen atoms in total. The van der Waals surface area contributed by atoms with Crippen molar-refractivity contribution in [3.8, 4) is 11.5 Å². The van der Waals surface area contributed by atoms with Crippen LogP contribution in [0.4, 0.5) is 0 Å². The van der Waals surface area contributed by atoms with E-state index in [0.29, 0.717) is 22.5 Å². The van der Waals surface area contributed by atoms with Gasteiger partial charge >= 0.3 is 0 Å². The standard InChI is InChI=1S/C19H23N3O2S/c1-24-17-7-2-4-11(18(17)23)10-20-22-19(25)21-16-9-12-8-15(16)14-6-3-5-13(12)14/h2-5,7,10,12-16,23H,6,8-9H2,1H3,(H2,21,22,25)/b20-10+. The Labute approximate surface area is 153 Å². The maximum atomic E-state index is 10.0. The Morgan fingerprint density at radius 1 is 1.36 bits per heavy atom. The molecule has 0 spiro atoms. The van der Waals surface area contributed by atoms with E-state index in [1.54, 1.807) is 24.4 Å². The van der Waals surface area contributed by atoms with Gasteiger partial charge in [0.05, 0.1) is 13.3 Å². The molecule has 6 heteroatoms. The van der Waals surface area contributed by atoms with E-state index in [4.69, 9.17) is 17.0 Å². The van der Waals surface area contributed by atoms with Crippen LogP contribution in [0.3, 0.4) is 0 Å². The Morgan fingerprint density at radius 2 is 2.24 bits per heavy atom. The van der Waals surface area contributed by atoms with Gasteiger partial charge in [0.25, 0.3) is 0 Å². The number of ether oxygens (including phenoxy) is 1. The van der Waals surface area contributed by atoms with Crippen molar-refractivity contribution in [1.29, 1.82) is 0 Å². The van der Waals surface area contributed by atoms with Gasteiger partial charge < -0.3 is 15.2 Å². The summed E-state index contributed by atoms with van der Waals surface area (Å²) in [6.07, 6.45) is 10.0. The number of nitrogens with one attached hydrogen (secondary N) is 2. The fraction of sp³-hybridized carbons (Fsp3) is 0.474. The smallest absolute Gasteiger partial charge is 0.187 e. The van der Waals surface area contributed by atoms with Crippen LogP contribution in [-0.2, 0) is 0 Å². The van der Waals surface area contributed by atoms with Crippen LogP contribution in [0.5, 0.6) is 11.5 Å². The number of para-hydroxylation sites is 1. The first kappa shape index (κ1) is 16.4. The second kappa shape index (κ2) is 6.67. The van der Waals surface area contributed by atoms with E-state index in [1.165, 1.54) is 26.4 Å². The summed E-state index contributed by atoms with van der Waals surface area (Å²) >= 11 is 5.38. The molecule has 1 aromatic rings. The molecule has 3 aliphatic carbocycles. The summed E-state index contributed by atoms with van der Waals surface area (Å²) in [6, 6.07) is 5.72. The Hall–Kier alpha value is -2.08. The quantitative estimate of drug-likeness (QED) is 0.335. The zero-order valence-corrected chi connectivity index (χ0v) is 15.0. The minimum absolute atomic E-state index is 0.0716. The molecular weight excluding hydrogens is 334 g/mol. The van der Waals surface area contributed by atoms with Crippen LogP contribution in [0.15, 0.2) is 35.5 Å². The molecule has 5 atom stereocenters. The summed E-state index contributed by atoms with van der Waals surface area (Å²) in [5.74, 6) is 3.63. The molecule has 0 amide bonds. The molecule has 132 valence electrons. The number of phenols is 1. The third-order valence-electron chi connectivity index (χ3n) is 5.94. The normalized spacial score (nSPS) is 32.1. The average Bonchev–Trinajstić information content (AvgIpc) is 3.29. The average molecular weight is 357 g/mol. The lowest BCUT2D eigenvalue weighted by molar-refractivity contribution is 0.242. The van der Waals surface area contributed by atoms with Crippen molar-refractivity contribution in [2.24, 2.45) is 28.8 Å². The molecular formula is C19H23N3O2S. The van der Waals surface area contributed by atoms with Gasteiger partial charge in [-0.25, -0.2) is 0 Å². The Morgan fingerprint density at radius 3 is 3.08 bits per heavy atom. The summed E-state index contributed by atoms with van der Waals surface area (Å²) in [5, 5.41) is 18.2. The molecule has 0 radical (unpaired) electrons. The van der Waals surface area contributed by atoms with E-state index >= 15 is 0 Å². The van der Waals surface area contributed by atoms with Gasteiger partial charge in [-0.05, 0) is 67.3 Å². The first-order valence-electron chi connectivity index (χ1n) is 8.79. The Bertz CT molecular complexity index is 733. The van der Waals surface area contributed by atoms with Crippen molar-refractivity contribution < 1.29 is 9.84 Å². The first-order chi connectivity index (χ1) is 12.2. The number of hydrazone groups is 1. The lowest BCUT2D eigenvalue weighted by Crippen LogP contribution is -2.45. The molecule has 3 N–H and O–H groups in total. The number of benzene rings is 1. The van der Waals surface area contributed by atoms with E-state index in [9.17, 15) is 5.11 Å². The van der Waals surface area contributed by atoms with Crippen molar-refractivity contribution in [3.05, 3.63) is 35.9 Å². The van der Waals surface area contributed by atoms with Crippen LogP contribution < -0.4 is 15.5 Å². The fourth-order valence-corrected chi connectivity index (χ4v) is 5.10. The van der Waals surface area contributed by atoms with Crippen LogP contribution in [-0.4, -0.2) is 29.6 Å². The third kappa shape index (κ3) is 2.99. The topological polar surface area (TPSA) is 65.9 Å². The monoisotopic (exact) mass is 357 g/mol. The van der Waals surface area contributed by atoms with Crippen LogP contribution >= 0.6 is 12.2 Å². The summed E-state index contributed by atoms with van der Waals surface area (Å²) in [4.78, 5) is 0. The molecule has 2 saturated carbocycles. The van der Waals surface area contributed by atoms with Crippen LogP contribution in [0.25, 0.3) is 0 Å². The van der Waals surface area contributed by atoms with E-state index in [2.05, 4.69) is 28.0 Å². The maximum absolute atomic E-state index is 10.0. The zero-order valence-electron chi connectivity index (χ0n) is 14.2. The number of allylic oxidation sites excluding steroid dienone is 2. The molecule has 3 aliphatic rings. The molecule has 1 aromatic carbocycles. The van der Waals surface area contributed by atoms with Gasteiger partial charge in [0, 0.05) is 11.6 Å². The lowest BCUT2D eigenvalue weighted by atomic mass is 9.79. The number of phenolic OH excluding ortho intramolecular Hbond substituents is 1. The summed E-state index contributed by atoms with van der Waals surface area (Å²) in [7, 11) is 1.52. The largest absolute Gasteiger partial charge is 0.504 e. The summed E-state index contributed by atoms with van der Waals surface area (Å²) in [6.45, 7) is 0. The zero-order chi connectivity index (χ0) is 17.4. The molecule has 0 saturated heterocycles. The van der Waals surface area contributed by atoms with Gasteiger partial charge in [-0.2, -0.15) is 5.10 Å². The molecule has 4 rings (SSSR count). The molecule has 25 heavy (non-hydrogen) atoms. The lowest BCUT2D eigenvalue weighted by Gasteiger charge is -2.32. The third-order valence-corrected chi connectivity index (χ3v) is 6.15. The van der Waals surface area contributed by atoms with Crippen molar-refractivity contribution in [1.82, 2.24) is 10.7 Å². The SMILES string of the molecule is COc1cccc(/C=N/NC(=S)NC2CC3CC2C2CC=CC32)c1O. The number of thiocarbonyl (C=S) groups is 1. The van der Waals surface area contributed by atoms with E-state index < -0.39 is 0 Å². The van der Waals surface area contributed by atoms with Gasteiger partial charge in [-0.1, -0.05) is 18.2 Å². The summed E-state index contributed by atoms with van der Waals surface area (Å²) in [5.41, 5.74) is 3.44. The number of hydrogen-bond donors (Lipinski definition) is 3. The predicted octanol–water partition coefficient (Wildman–Crippen LogP) is 2.80. The van der Waals surface area contributed by atoms with E-state index in [1.807, 2.05) is 0 Å². The molecule has 0 heterocycles. The minimum Gasteiger partial charge on any atom is -0.504 e. The molecule has 0 aromatic heterocycles. The Kier molecular flexibility index (Phi) is 4.37. The van der Waals surface area contributed by atoms with Crippen molar-refractivity contribution in [3.63, 3.8) is 0 Å². The number of nitrogens with zero attached hydrogens (tertiary/aromatic N) is 1. The Balaban J connectivity index is 1.32. The molecule has 2 fully saturated rings. The van der Waals surface area contributed by atoms with Crippen LogP contribution in [0.1, 0.15) is 24.8 Å². The number of aromatic hydroxyl groups is 1. The maximum Gasteiger partial charge on any atom is 0.187 e. The molecule has 5 unspecified atom stereocenters. The number of hydrogen-bond acceptors (Lipinski definition) is 4. The highest BCUT2D eigenvalue weighted by Crippen LogP contribution is 2.56. The van der Waals surface area contributed by atoms with Crippen molar-refractivity contribution in [2.45, 2.75) is 25.3 Å². The highest BCUT2D eigenvalue weighted by Gasteiger charge is 2.52. The fourth-order valence-electron chi connectivity index (χ4n) is 4.89. The molecule has 0 aliphatic heterocycles. The van der Waals surface area contributed by atoms with E-state index in [0.717, 1.165) is 23.7 Å². The number of fused-ring (bicyclic) bond motifs is 5. The second-order valence-corrected chi connectivity index (χ2v) is 7.56. The van der Waals surface area contributed by atoms with Crippen LogP contribution in [0, 0.1) is 23.7 Å². The van der Waals surface area contributed by atoms with Crippen molar-refractivity contribution >= 4 is 23.5 Å². The predicted molar refractivity (Wildman–Crippen MR) is 102 cm³/mol. The highest BCUT2D eigenvalue weighted by molar-refractivity contribution is 7.80. The van der Waals surface area contributed by atoms with E-state index in [-0.39, 0.29) is 5.75 Å². The number of methoxy groups -OCH3 is 1. The second-order valence-electron chi connectivity index (χ2n) is 7.15. The first-order valence-corrected chi connectivity index (χ1v) is 9.20. The minimum atomic E-state index is 0.0716. The van der Waals surface area contributed by atoms with Gasteiger partial charge in [0.15, 0.2) is 16.6 Å². The van der Waals surface area contributed by atoms with Gasteiger partial charge in [0.1, 0.15) is 0 Å². The van der Waals surface area contributed by atoms with Crippen LogP contribution in [0.2, 0.25) is 0 Å². The van der Waals surface area contributed by atoms with Gasteiger partial charge in [-0.15, -0.1) is 0 Å². The summed E-state index contributed by atoms with van der Waals surface area (Å²) < 4.78 is 5.09. The number of rotatable bonds is 4. The van der Waals surface area contributed by atoms with Crippen molar-refractivity contribution in [2.75, 3.05) is 7.11 Å². The highest BCUT2D eigenvalue weighted by atomic mass is 32.1.